The van der Waals surface area contributed by atoms with Gasteiger partial charge in [-0.25, -0.2) is 0 Å². The Morgan fingerprint density at radius 2 is 1.75 bits per heavy atom. The summed E-state index contributed by atoms with van der Waals surface area (Å²) in [7, 11) is 1.06. The summed E-state index contributed by atoms with van der Waals surface area (Å²) in [5.41, 5.74) is 2.29. The molecule has 1 unspecified atom stereocenters. The lowest BCUT2D eigenvalue weighted by molar-refractivity contribution is -0.143. The van der Waals surface area contributed by atoms with E-state index in [0.29, 0.717) is 18.7 Å². The van der Waals surface area contributed by atoms with Crippen LogP contribution in [-0.4, -0.2) is 61.0 Å². The minimum Gasteiger partial charge on any atom is -0.497 e. The van der Waals surface area contributed by atoms with Crippen LogP contribution in [0.25, 0.3) is 0 Å². The molecule has 4 aromatic rings. The summed E-state index contributed by atoms with van der Waals surface area (Å²) in [5, 5.41) is 23.4. The number of hydrogen-bond donors (Lipinski definition) is 2. The number of fused-ring (bicyclic) bond motifs is 2. The van der Waals surface area contributed by atoms with Crippen LogP contribution in [0, 0.1) is 5.92 Å². The number of aliphatic hydroxyl groups is 1. The zero-order valence-electron chi connectivity index (χ0n) is 25.9. The average Bonchev–Trinajstić information content (AvgIpc) is 3.71. The number of nitrogens with zero attached hydrogens (tertiary/aromatic N) is 3. The minimum atomic E-state index is -2.25. The molecule has 3 aromatic carbocycles. The van der Waals surface area contributed by atoms with Crippen LogP contribution in [0.3, 0.4) is 0 Å². The molecule has 1 saturated heterocycles. The van der Waals surface area contributed by atoms with E-state index in [9.17, 15) is 9.90 Å². The van der Waals surface area contributed by atoms with Gasteiger partial charge < -0.3 is 24.6 Å². The maximum absolute atomic E-state index is 13.9. The molecule has 0 radical (unpaired) electrons. The smallest absolute Gasteiger partial charge is 0.261 e. The maximum atomic E-state index is 13.9. The SMILES string of the molecule is COc1ccc([Si](C)(C)[C@@H]2[C@@H](CCn3cc(C(CO)c4ccccc4)nn3)O[C@]3(C(=O)Nc4ccc(OC)cc43)[C@H]2C)cc1. The first-order valence-electron chi connectivity index (χ1n) is 15.1. The van der Waals surface area contributed by atoms with Gasteiger partial charge in [0.1, 0.15) is 11.5 Å². The first kappa shape index (κ1) is 30.1. The Morgan fingerprint density at radius 1 is 1.05 bits per heavy atom. The van der Waals surface area contributed by atoms with Crippen molar-refractivity contribution < 1.29 is 24.1 Å². The lowest BCUT2D eigenvalue weighted by atomic mass is 9.82. The molecule has 6 rings (SSSR count). The number of benzene rings is 3. The van der Waals surface area contributed by atoms with Crippen molar-refractivity contribution in [1.29, 1.82) is 0 Å². The average molecular weight is 613 g/mol. The van der Waals surface area contributed by atoms with Gasteiger partial charge >= 0.3 is 0 Å². The molecule has 230 valence electrons. The molecule has 0 bridgehead atoms. The van der Waals surface area contributed by atoms with Gasteiger partial charge in [0.25, 0.3) is 5.91 Å². The number of aliphatic hydroxyl groups excluding tert-OH is 1. The van der Waals surface area contributed by atoms with Crippen molar-refractivity contribution >= 4 is 24.9 Å². The zero-order valence-corrected chi connectivity index (χ0v) is 26.9. The predicted octanol–water partition coefficient (Wildman–Crippen LogP) is 4.68. The van der Waals surface area contributed by atoms with Crippen molar-refractivity contribution in [2.75, 3.05) is 26.1 Å². The van der Waals surface area contributed by atoms with Crippen LogP contribution < -0.4 is 20.0 Å². The monoisotopic (exact) mass is 612 g/mol. The Hall–Kier alpha value is -3.99. The van der Waals surface area contributed by atoms with Crippen LogP contribution >= 0.6 is 0 Å². The normalized spacial score (nSPS) is 23.4. The van der Waals surface area contributed by atoms with Crippen molar-refractivity contribution in [2.45, 2.75) is 56.1 Å². The third-order valence-corrected chi connectivity index (χ3v) is 14.1. The number of methoxy groups -OCH3 is 2. The second-order valence-electron chi connectivity index (χ2n) is 12.4. The summed E-state index contributed by atoms with van der Waals surface area (Å²) in [4.78, 5) is 13.9. The second-order valence-corrected chi connectivity index (χ2v) is 17.1. The standard InChI is InChI=1S/C34H40N4O5Si/c1-22-32(44(4,5)26-14-11-24(41-2)12-15-26)31(43-34(22)28-19-25(42-3)13-16-29(28)35-33(34)40)17-18-38-20-30(36-37-38)27(21-39)23-9-7-6-8-10-23/h6-16,19-20,22,27,31-32,39H,17-18,21H2,1-5H3,(H,35,40)/t22-,27?,31+,32-,34+/m0/s1. The van der Waals surface area contributed by atoms with E-state index in [1.54, 1.807) is 14.2 Å². The summed E-state index contributed by atoms with van der Waals surface area (Å²) in [5.74, 6) is 1.02. The topological polar surface area (TPSA) is 108 Å². The highest BCUT2D eigenvalue weighted by Crippen LogP contribution is 2.59. The maximum Gasteiger partial charge on any atom is 0.261 e. The molecule has 9 nitrogen and oxygen atoms in total. The minimum absolute atomic E-state index is 0.0593. The molecule has 5 atom stereocenters. The molecule has 2 aliphatic heterocycles. The van der Waals surface area contributed by atoms with Crippen LogP contribution in [0.5, 0.6) is 11.5 Å². The van der Waals surface area contributed by atoms with E-state index in [2.05, 4.69) is 47.8 Å². The molecule has 10 heteroatoms. The molecule has 2 aliphatic rings. The third-order valence-electron chi connectivity index (χ3n) is 9.74. The molecule has 1 fully saturated rings. The van der Waals surface area contributed by atoms with Gasteiger partial charge in [0.15, 0.2) is 5.60 Å². The third kappa shape index (κ3) is 5.00. The van der Waals surface area contributed by atoms with Gasteiger partial charge in [0, 0.05) is 29.9 Å². The number of nitrogens with one attached hydrogen (secondary N) is 1. The van der Waals surface area contributed by atoms with Crippen molar-refractivity contribution in [3.8, 4) is 11.5 Å². The predicted molar refractivity (Wildman–Crippen MR) is 171 cm³/mol. The summed E-state index contributed by atoms with van der Waals surface area (Å²) in [6.07, 6.45) is 2.34. The molecule has 0 saturated carbocycles. The van der Waals surface area contributed by atoms with Gasteiger partial charge in [0.05, 0.1) is 46.6 Å². The van der Waals surface area contributed by atoms with Crippen molar-refractivity contribution in [1.82, 2.24) is 15.0 Å². The Morgan fingerprint density at radius 3 is 2.43 bits per heavy atom. The molecule has 1 amide bonds. The lowest BCUT2D eigenvalue weighted by Gasteiger charge is -2.37. The van der Waals surface area contributed by atoms with Gasteiger partial charge in [-0.05, 0) is 47.9 Å². The Kier molecular flexibility index (Phi) is 8.08. The van der Waals surface area contributed by atoms with Gasteiger partial charge in [-0.3, -0.25) is 9.48 Å². The van der Waals surface area contributed by atoms with Crippen molar-refractivity contribution in [2.24, 2.45) is 5.92 Å². The van der Waals surface area contributed by atoms with Gasteiger partial charge in [0.2, 0.25) is 0 Å². The van der Waals surface area contributed by atoms with E-state index in [4.69, 9.17) is 14.2 Å². The van der Waals surface area contributed by atoms with E-state index in [0.717, 1.165) is 28.3 Å². The van der Waals surface area contributed by atoms with Gasteiger partial charge in [-0.2, -0.15) is 0 Å². The number of hydrogen-bond acceptors (Lipinski definition) is 7. The molecule has 1 aromatic heterocycles. The molecule has 1 spiro atoms. The summed E-state index contributed by atoms with van der Waals surface area (Å²) in [6.45, 7) is 7.39. The van der Waals surface area contributed by atoms with E-state index in [1.807, 2.05) is 71.5 Å². The Balaban J connectivity index is 1.34. The lowest BCUT2D eigenvalue weighted by Crippen LogP contribution is -2.51. The highest BCUT2D eigenvalue weighted by molar-refractivity contribution is 6.91. The summed E-state index contributed by atoms with van der Waals surface area (Å²) < 4.78 is 19.9. The second kappa shape index (κ2) is 11.8. The molecular formula is C34H40N4O5Si. The molecule has 2 N–H and O–H groups in total. The van der Waals surface area contributed by atoms with Crippen LogP contribution in [-0.2, 0) is 21.7 Å². The summed E-state index contributed by atoms with van der Waals surface area (Å²) in [6, 6.07) is 23.9. The Bertz CT molecular complexity index is 1630. The highest BCUT2D eigenvalue weighted by atomic mass is 28.3. The van der Waals surface area contributed by atoms with Crippen LogP contribution in [0.4, 0.5) is 5.69 Å². The first-order valence-corrected chi connectivity index (χ1v) is 18.2. The number of anilines is 1. The van der Waals surface area contributed by atoms with E-state index < -0.39 is 13.7 Å². The number of aromatic nitrogens is 3. The molecule has 44 heavy (non-hydrogen) atoms. The van der Waals surface area contributed by atoms with E-state index in [-0.39, 0.29) is 36.0 Å². The van der Waals surface area contributed by atoms with Crippen LogP contribution in [0.1, 0.15) is 36.1 Å². The van der Waals surface area contributed by atoms with E-state index >= 15 is 0 Å². The fraction of sp³-hybridized carbons (Fsp3) is 0.382. The Labute approximate surface area is 259 Å². The van der Waals surface area contributed by atoms with Crippen LogP contribution in [0.2, 0.25) is 18.6 Å². The van der Waals surface area contributed by atoms with Gasteiger partial charge in [-0.15, -0.1) is 5.10 Å². The number of carbonyl (C=O) groups is 1. The van der Waals surface area contributed by atoms with Crippen molar-refractivity contribution in [3.05, 3.63) is 95.8 Å². The number of carbonyl (C=O) groups excluding carboxylic acids is 1. The zero-order chi connectivity index (χ0) is 31.1. The fourth-order valence-electron chi connectivity index (χ4n) is 7.41. The van der Waals surface area contributed by atoms with Gasteiger partial charge in [-0.1, -0.05) is 72.9 Å². The largest absolute Gasteiger partial charge is 0.497 e. The number of amides is 1. The molecular weight excluding hydrogens is 572 g/mol. The molecule has 0 aliphatic carbocycles. The van der Waals surface area contributed by atoms with Crippen LogP contribution in [0.15, 0.2) is 79.0 Å². The number of ether oxygens (including phenoxy) is 3. The molecule has 3 heterocycles. The van der Waals surface area contributed by atoms with E-state index in [1.165, 1.54) is 5.19 Å². The summed E-state index contributed by atoms with van der Waals surface area (Å²) >= 11 is 0. The van der Waals surface area contributed by atoms with Crippen molar-refractivity contribution in [3.63, 3.8) is 0 Å². The highest BCUT2D eigenvalue weighted by Gasteiger charge is 2.64. The number of rotatable bonds is 10. The number of aryl methyl sites for hydroxylation is 1. The fourth-order valence-corrected chi connectivity index (χ4v) is 11.5. The quantitative estimate of drug-likeness (QED) is 0.251. The first-order chi connectivity index (χ1) is 21.2.